The van der Waals surface area contributed by atoms with Crippen LogP contribution in [0.3, 0.4) is 0 Å². The van der Waals surface area contributed by atoms with Crippen molar-refractivity contribution in [1.29, 1.82) is 0 Å². The number of nitrogens with one attached hydrogen (secondary N) is 2. The number of carbonyl (C=O) groups is 2. The molecule has 2 heterocycles. The zero-order valence-electron chi connectivity index (χ0n) is 9.22. The molecular weight excluding hydrogens is 228 g/mol. The lowest BCUT2D eigenvalue weighted by atomic mass is 10.2. The summed E-state index contributed by atoms with van der Waals surface area (Å²) in [6, 6.07) is -0.745. The summed E-state index contributed by atoms with van der Waals surface area (Å²) in [4.78, 5) is 20.3. The highest BCUT2D eigenvalue weighted by Gasteiger charge is 2.30. The fourth-order valence-corrected chi connectivity index (χ4v) is 1.60. The van der Waals surface area contributed by atoms with E-state index in [0.717, 1.165) is 13.0 Å². The molecule has 2 aliphatic heterocycles. The van der Waals surface area contributed by atoms with E-state index >= 15 is 0 Å². The Kier molecular flexibility index (Phi) is 4.92. The molecule has 0 aromatic heterocycles. The molecule has 0 saturated carbocycles. The average molecular weight is 244 g/mol. The summed E-state index contributed by atoms with van der Waals surface area (Å²) in [6.45, 7) is 1.36. The van der Waals surface area contributed by atoms with Gasteiger partial charge in [0.25, 0.3) is 0 Å². The Morgan fingerprint density at radius 3 is 2.24 bits per heavy atom. The van der Waals surface area contributed by atoms with Gasteiger partial charge >= 0.3 is 11.9 Å². The SMILES string of the molecule is O=C(O)C1=CCCN1.O=C(O)[C@H]1NCCC1O. The van der Waals surface area contributed by atoms with Crippen LogP contribution < -0.4 is 10.6 Å². The van der Waals surface area contributed by atoms with Gasteiger partial charge in [-0.05, 0) is 19.4 Å². The van der Waals surface area contributed by atoms with E-state index in [4.69, 9.17) is 15.3 Å². The highest BCUT2D eigenvalue weighted by atomic mass is 16.4. The summed E-state index contributed by atoms with van der Waals surface area (Å²) in [6.07, 6.45) is 2.35. The smallest absolute Gasteiger partial charge is 0.351 e. The number of hydrogen-bond donors (Lipinski definition) is 5. The van der Waals surface area contributed by atoms with Crippen molar-refractivity contribution in [3.8, 4) is 0 Å². The number of aliphatic hydroxyl groups is 1. The van der Waals surface area contributed by atoms with E-state index in [2.05, 4.69) is 10.6 Å². The number of carboxylic acids is 2. The van der Waals surface area contributed by atoms with Crippen molar-refractivity contribution in [3.63, 3.8) is 0 Å². The second-order valence-electron chi connectivity index (χ2n) is 3.76. The first-order valence-electron chi connectivity index (χ1n) is 5.34. The van der Waals surface area contributed by atoms with Crippen molar-refractivity contribution in [2.75, 3.05) is 13.1 Å². The van der Waals surface area contributed by atoms with Gasteiger partial charge in [0.15, 0.2) is 0 Å². The molecular formula is C10H16N2O5. The minimum absolute atomic E-state index is 0.338. The van der Waals surface area contributed by atoms with E-state index in [1.807, 2.05) is 0 Å². The monoisotopic (exact) mass is 244 g/mol. The van der Waals surface area contributed by atoms with Gasteiger partial charge in [0.1, 0.15) is 11.7 Å². The van der Waals surface area contributed by atoms with Crippen molar-refractivity contribution in [2.24, 2.45) is 0 Å². The molecule has 1 saturated heterocycles. The molecule has 2 aliphatic rings. The fraction of sp³-hybridized carbons (Fsp3) is 0.600. The highest BCUT2D eigenvalue weighted by Crippen LogP contribution is 2.05. The van der Waals surface area contributed by atoms with Crippen molar-refractivity contribution in [3.05, 3.63) is 11.8 Å². The Morgan fingerprint density at radius 1 is 1.29 bits per heavy atom. The second-order valence-corrected chi connectivity index (χ2v) is 3.76. The van der Waals surface area contributed by atoms with E-state index in [1.165, 1.54) is 0 Å². The van der Waals surface area contributed by atoms with Gasteiger partial charge < -0.3 is 26.0 Å². The Hall–Kier alpha value is -1.60. The highest BCUT2D eigenvalue weighted by molar-refractivity contribution is 5.86. The third kappa shape index (κ3) is 4.04. The number of aliphatic hydroxyl groups excluding tert-OH is 1. The summed E-state index contributed by atoms with van der Waals surface area (Å²) in [5.41, 5.74) is 0.338. The molecule has 0 radical (unpaired) electrons. The third-order valence-corrected chi connectivity index (χ3v) is 2.49. The molecule has 17 heavy (non-hydrogen) atoms. The van der Waals surface area contributed by atoms with Gasteiger partial charge in [0.2, 0.25) is 0 Å². The molecule has 0 aliphatic carbocycles. The number of carboxylic acid groups (broad SMARTS) is 2. The number of aliphatic carboxylic acids is 2. The first-order chi connectivity index (χ1) is 8.02. The van der Waals surface area contributed by atoms with E-state index in [1.54, 1.807) is 6.08 Å². The number of rotatable bonds is 2. The largest absolute Gasteiger partial charge is 0.480 e. The zero-order chi connectivity index (χ0) is 12.8. The lowest BCUT2D eigenvalue weighted by Gasteiger charge is -2.06. The molecule has 2 atom stereocenters. The van der Waals surface area contributed by atoms with Gasteiger partial charge in [-0.2, -0.15) is 0 Å². The maximum Gasteiger partial charge on any atom is 0.351 e. The minimum Gasteiger partial charge on any atom is -0.480 e. The molecule has 1 unspecified atom stereocenters. The summed E-state index contributed by atoms with van der Waals surface area (Å²) < 4.78 is 0. The molecule has 0 aromatic carbocycles. The molecule has 0 bridgehead atoms. The standard InChI is InChI=1S/C5H9NO3.C5H7NO2/c7-3-1-2-6-4(3)5(8)9;7-5(8)4-2-1-3-6-4/h3-4,6-7H,1-2H2,(H,8,9);2,6H,1,3H2,(H,7,8)/t3?,4-;/m0./s1. The quantitative estimate of drug-likeness (QED) is 0.411. The Bertz CT molecular complexity index is 329. The van der Waals surface area contributed by atoms with Crippen LogP contribution in [-0.2, 0) is 9.59 Å². The molecule has 1 fully saturated rings. The van der Waals surface area contributed by atoms with Crippen molar-refractivity contribution >= 4 is 11.9 Å². The third-order valence-electron chi connectivity index (χ3n) is 2.49. The van der Waals surface area contributed by atoms with Gasteiger partial charge in [-0.3, -0.25) is 4.79 Å². The predicted molar refractivity (Wildman–Crippen MR) is 58.4 cm³/mol. The van der Waals surface area contributed by atoms with Crippen LogP contribution in [0.4, 0.5) is 0 Å². The van der Waals surface area contributed by atoms with Crippen LogP contribution in [0, 0.1) is 0 Å². The lowest BCUT2D eigenvalue weighted by molar-refractivity contribution is -0.141. The van der Waals surface area contributed by atoms with Crippen LogP contribution in [0.15, 0.2) is 11.8 Å². The maximum atomic E-state index is 10.2. The summed E-state index contributed by atoms with van der Waals surface area (Å²) >= 11 is 0. The fourth-order valence-electron chi connectivity index (χ4n) is 1.60. The van der Waals surface area contributed by atoms with Gasteiger partial charge in [-0.25, -0.2) is 4.79 Å². The first-order valence-corrected chi connectivity index (χ1v) is 5.34. The van der Waals surface area contributed by atoms with E-state index in [9.17, 15) is 9.59 Å². The molecule has 0 aromatic rings. The molecule has 5 N–H and O–H groups in total. The van der Waals surface area contributed by atoms with Crippen LogP contribution in [0.25, 0.3) is 0 Å². The molecule has 7 nitrogen and oxygen atoms in total. The summed E-state index contributed by atoms with van der Waals surface area (Å²) in [7, 11) is 0. The van der Waals surface area contributed by atoms with Crippen molar-refractivity contribution < 1.29 is 24.9 Å². The zero-order valence-corrected chi connectivity index (χ0v) is 9.22. The molecule has 0 spiro atoms. The van der Waals surface area contributed by atoms with E-state index < -0.39 is 24.1 Å². The van der Waals surface area contributed by atoms with Crippen LogP contribution >= 0.6 is 0 Å². The average Bonchev–Trinajstić information content (AvgIpc) is 2.87. The normalized spacial score (nSPS) is 26.5. The van der Waals surface area contributed by atoms with Crippen LogP contribution in [0.5, 0.6) is 0 Å². The topological polar surface area (TPSA) is 119 Å². The Morgan fingerprint density at radius 2 is 2.00 bits per heavy atom. The van der Waals surface area contributed by atoms with E-state index in [-0.39, 0.29) is 0 Å². The Labute approximate surface area is 98.1 Å². The second kappa shape index (κ2) is 6.21. The molecule has 0 amide bonds. The Balaban J connectivity index is 0.000000171. The van der Waals surface area contributed by atoms with Crippen molar-refractivity contribution in [1.82, 2.24) is 10.6 Å². The van der Waals surface area contributed by atoms with Crippen LogP contribution in [0.2, 0.25) is 0 Å². The number of hydrogen-bond acceptors (Lipinski definition) is 5. The van der Waals surface area contributed by atoms with Gasteiger partial charge in [0, 0.05) is 6.54 Å². The van der Waals surface area contributed by atoms with Crippen LogP contribution in [0.1, 0.15) is 12.8 Å². The summed E-state index contributed by atoms with van der Waals surface area (Å²) in [5, 5.41) is 30.9. The van der Waals surface area contributed by atoms with Crippen molar-refractivity contribution in [2.45, 2.75) is 25.0 Å². The molecule has 7 heteroatoms. The lowest BCUT2D eigenvalue weighted by Crippen LogP contribution is -2.38. The van der Waals surface area contributed by atoms with E-state index in [0.29, 0.717) is 18.7 Å². The van der Waals surface area contributed by atoms with Gasteiger partial charge in [-0.15, -0.1) is 0 Å². The minimum atomic E-state index is -0.972. The predicted octanol–water partition coefficient (Wildman–Crippen LogP) is -1.26. The van der Waals surface area contributed by atoms with Gasteiger partial charge in [0.05, 0.1) is 6.10 Å². The molecule has 2 rings (SSSR count). The maximum absolute atomic E-state index is 10.2. The summed E-state index contributed by atoms with van der Waals surface area (Å²) in [5.74, 6) is -1.83. The van der Waals surface area contributed by atoms with Gasteiger partial charge in [-0.1, -0.05) is 6.08 Å². The van der Waals surface area contributed by atoms with Crippen LogP contribution in [-0.4, -0.2) is 52.5 Å². The first kappa shape index (κ1) is 13.5. The molecule has 96 valence electrons.